The normalized spacial score (nSPS) is 9.36. The van der Waals surface area contributed by atoms with Crippen LogP contribution in [0, 0.1) is 6.92 Å². The smallest absolute Gasteiger partial charge is 0.537 e. The number of halogens is 1. The highest BCUT2D eigenvalue weighted by Gasteiger charge is 1.97. The van der Waals surface area contributed by atoms with Gasteiger partial charge < -0.3 is 9.68 Å². The molecular weight excluding hydrogens is 162 g/mol. The molecule has 0 amide bonds. The molecule has 1 aromatic carbocycles. The molecule has 0 spiro atoms. The largest absolute Gasteiger partial charge is 0.569 e. The molecular formula is C7H7BClO2. The van der Waals surface area contributed by atoms with E-state index in [0.29, 0.717) is 18.5 Å². The van der Waals surface area contributed by atoms with Crippen LogP contribution in [0.25, 0.3) is 0 Å². The Labute approximate surface area is 71.1 Å². The quantitative estimate of drug-likeness (QED) is 0.681. The topological polar surface area (TPSA) is 29.5 Å². The van der Waals surface area contributed by atoms with Gasteiger partial charge in [-0.25, -0.2) is 0 Å². The lowest BCUT2D eigenvalue weighted by molar-refractivity contribution is 0.453. The lowest BCUT2D eigenvalue weighted by Gasteiger charge is -2.02. The van der Waals surface area contributed by atoms with E-state index >= 15 is 0 Å². The van der Waals surface area contributed by atoms with Crippen molar-refractivity contribution in [1.82, 2.24) is 0 Å². The molecule has 57 valence electrons. The van der Waals surface area contributed by atoms with E-state index in [-0.39, 0.29) is 0 Å². The number of aryl methyl sites for hydroxylation is 1. The summed E-state index contributed by atoms with van der Waals surface area (Å²) in [6, 6.07) is 5.15. The minimum atomic E-state index is 0.578. The molecule has 0 aliphatic rings. The fourth-order valence-corrected chi connectivity index (χ4v) is 0.869. The summed E-state index contributed by atoms with van der Waals surface area (Å²) in [4.78, 5) is 0. The third-order valence-electron chi connectivity index (χ3n) is 1.32. The van der Waals surface area contributed by atoms with Crippen LogP contribution in [0.1, 0.15) is 5.56 Å². The third kappa shape index (κ3) is 2.14. The Morgan fingerprint density at radius 3 is 2.82 bits per heavy atom. The van der Waals surface area contributed by atoms with Crippen LogP contribution in [0.2, 0.25) is 5.02 Å². The van der Waals surface area contributed by atoms with Gasteiger partial charge in [-0.3, -0.25) is 0 Å². The minimum absolute atomic E-state index is 0.578. The Balaban J connectivity index is 2.86. The second-order valence-corrected chi connectivity index (χ2v) is 2.54. The molecule has 0 bridgehead atoms. The molecule has 0 aliphatic heterocycles. The molecule has 0 aromatic heterocycles. The van der Waals surface area contributed by atoms with Crippen molar-refractivity contribution in [3.05, 3.63) is 28.8 Å². The molecule has 0 unspecified atom stereocenters. The van der Waals surface area contributed by atoms with Crippen LogP contribution in [-0.2, 0) is 0 Å². The van der Waals surface area contributed by atoms with E-state index in [2.05, 4.69) is 0 Å². The van der Waals surface area contributed by atoms with Gasteiger partial charge in [0.1, 0.15) is 5.75 Å². The summed E-state index contributed by atoms with van der Waals surface area (Å²) >= 11 is 5.75. The zero-order valence-corrected chi connectivity index (χ0v) is 6.80. The van der Waals surface area contributed by atoms with Gasteiger partial charge in [0.2, 0.25) is 0 Å². The predicted octanol–water partition coefficient (Wildman–Crippen LogP) is 1.55. The Morgan fingerprint density at radius 2 is 2.27 bits per heavy atom. The summed E-state index contributed by atoms with van der Waals surface area (Å²) in [6.45, 7) is 1.87. The first-order valence-corrected chi connectivity index (χ1v) is 3.50. The predicted molar refractivity (Wildman–Crippen MR) is 44.8 cm³/mol. The van der Waals surface area contributed by atoms with E-state index in [1.54, 1.807) is 18.2 Å². The van der Waals surface area contributed by atoms with Crippen molar-refractivity contribution in [2.24, 2.45) is 0 Å². The van der Waals surface area contributed by atoms with Crippen molar-refractivity contribution in [2.45, 2.75) is 6.92 Å². The molecule has 1 rings (SSSR count). The average molecular weight is 169 g/mol. The molecule has 0 fully saturated rings. The summed E-state index contributed by atoms with van der Waals surface area (Å²) in [6.07, 6.45) is 0. The van der Waals surface area contributed by atoms with Gasteiger partial charge in [-0.2, -0.15) is 0 Å². The summed E-state index contributed by atoms with van der Waals surface area (Å²) in [5.41, 5.74) is 0.922. The molecule has 0 atom stereocenters. The number of rotatable bonds is 2. The van der Waals surface area contributed by atoms with Gasteiger partial charge >= 0.3 is 7.69 Å². The summed E-state index contributed by atoms with van der Waals surface area (Å²) in [5, 5.41) is 8.99. The van der Waals surface area contributed by atoms with Crippen molar-refractivity contribution < 1.29 is 9.68 Å². The zero-order chi connectivity index (χ0) is 8.27. The highest BCUT2D eigenvalue weighted by molar-refractivity contribution is 6.31. The molecule has 1 N–H and O–H groups in total. The first-order chi connectivity index (χ1) is 5.24. The van der Waals surface area contributed by atoms with E-state index < -0.39 is 0 Å². The number of benzene rings is 1. The standard InChI is InChI=1S/C7H7BClO2/c1-5-4-6(11-8-10)2-3-7(5)9/h2-4,10H,1H3. The fourth-order valence-electron chi connectivity index (χ4n) is 0.751. The van der Waals surface area contributed by atoms with E-state index in [1.165, 1.54) is 0 Å². The SMILES string of the molecule is Cc1cc(O[B]O)ccc1Cl. The van der Waals surface area contributed by atoms with Crippen LogP contribution in [0.15, 0.2) is 18.2 Å². The monoisotopic (exact) mass is 169 g/mol. The zero-order valence-electron chi connectivity index (χ0n) is 6.04. The van der Waals surface area contributed by atoms with Crippen LogP contribution in [0.4, 0.5) is 0 Å². The Morgan fingerprint density at radius 1 is 1.55 bits per heavy atom. The molecule has 2 nitrogen and oxygen atoms in total. The lowest BCUT2D eigenvalue weighted by Crippen LogP contribution is -1.99. The Hall–Kier alpha value is -0.665. The van der Waals surface area contributed by atoms with Crippen LogP contribution < -0.4 is 4.65 Å². The molecule has 4 heteroatoms. The van der Waals surface area contributed by atoms with Gasteiger partial charge in [0.25, 0.3) is 0 Å². The van der Waals surface area contributed by atoms with Crippen molar-refractivity contribution in [2.75, 3.05) is 0 Å². The Kier molecular flexibility index (Phi) is 2.80. The van der Waals surface area contributed by atoms with Crippen LogP contribution in [0.3, 0.4) is 0 Å². The molecule has 0 heterocycles. The molecule has 0 saturated carbocycles. The van der Waals surface area contributed by atoms with Crippen molar-refractivity contribution in [1.29, 1.82) is 0 Å². The molecule has 0 saturated heterocycles. The lowest BCUT2D eigenvalue weighted by atomic mass is 10.2. The van der Waals surface area contributed by atoms with E-state index in [1.807, 2.05) is 6.92 Å². The summed E-state index contributed by atoms with van der Waals surface area (Å²) in [7, 11) is 0.642. The summed E-state index contributed by atoms with van der Waals surface area (Å²) < 4.78 is 4.71. The molecule has 11 heavy (non-hydrogen) atoms. The van der Waals surface area contributed by atoms with Gasteiger partial charge in [-0.05, 0) is 30.7 Å². The first-order valence-electron chi connectivity index (χ1n) is 3.13. The minimum Gasteiger partial charge on any atom is -0.537 e. The van der Waals surface area contributed by atoms with E-state index in [9.17, 15) is 0 Å². The van der Waals surface area contributed by atoms with Crippen molar-refractivity contribution in [3.63, 3.8) is 0 Å². The Bertz CT molecular complexity index is 252. The highest BCUT2D eigenvalue weighted by Crippen LogP contribution is 2.20. The maximum Gasteiger partial charge on any atom is 0.569 e. The number of hydrogen-bond donors (Lipinski definition) is 1. The highest BCUT2D eigenvalue weighted by atomic mass is 35.5. The summed E-state index contributed by atoms with van der Waals surface area (Å²) in [5.74, 6) is 0.578. The van der Waals surface area contributed by atoms with Gasteiger partial charge in [0.15, 0.2) is 0 Å². The van der Waals surface area contributed by atoms with Gasteiger partial charge in [-0.1, -0.05) is 11.6 Å². The van der Waals surface area contributed by atoms with Crippen LogP contribution in [0.5, 0.6) is 5.75 Å². The third-order valence-corrected chi connectivity index (χ3v) is 1.74. The maximum absolute atomic E-state index is 8.30. The number of hydrogen-bond acceptors (Lipinski definition) is 2. The molecule has 1 aromatic rings. The first kappa shape index (κ1) is 8.43. The molecule has 0 aliphatic carbocycles. The fraction of sp³-hybridized carbons (Fsp3) is 0.143. The van der Waals surface area contributed by atoms with Crippen molar-refractivity contribution >= 4 is 19.3 Å². The van der Waals surface area contributed by atoms with E-state index in [0.717, 1.165) is 5.56 Å². The van der Waals surface area contributed by atoms with Crippen molar-refractivity contribution in [3.8, 4) is 5.75 Å². The van der Waals surface area contributed by atoms with Crippen LogP contribution >= 0.6 is 11.6 Å². The second kappa shape index (κ2) is 3.65. The van der Waals surface area contributed by atoms with Crippen LogP contribution in [-0.4, -0.2) is 12.7 Å². The van der Waals surface area contributed by atoms with E-state index in [4.69, 9.17) is 21.3 Å². The van der Waals surface area contributed by atoms with Gasteiger partial charge in [0, 0.05) is 5.02 Å². The second-order valence-electron chi connectivity index (χ2n) is 2.13. The van der Waals surface area contributed by atoms with Gasteiger partial charge in [0.05, 0.1) is 0 Å². The maximum atomic E-state index is 8.30. The average Bonchev–Trinajstić information content (AvgIpc) is 1.98. The van der Waals surface area contributed by atoms with Gasteiger partial charge in [-0.15, -0.1) is 0 Å². The molecule has 1 radical (unpaired) electrons.